The van der Waals surface area contributed by atoms with Gasteiger partial charge in [0.2, 0.25) is 0 Å². The topological polar surface area (TPSA) is 198 Å². The summed E-state index contributed by atoms with van der Waals surface area (Å²) in [5.74, 6) is -6.18. The van der Waals surface area contributed by atoms with Crippen LogP contribution in [0.5, 0.6) is 11.5 Å². The highest BCUT2D eigenvalue weighted by molar-refractivity contribution is 5.83. The number of rotatable bonds is 18. The number of ether oxygens (including phenoxy) is 6. The van der Waals surface area contributed by atoms with Crippen LogP contribution in [0.4, 0.5) is 0 Å². The van der Waals surface area contributed by atoms with Gasteiger partial charge >= 0.3 is 35.8 Å². The molecule has 0 heterocycles. The van der Waals surface area contributed by atoms with Crippen molar-refractivity contribution in [2.24, 2.45) is 23.7 Å². The van der Waals surface area contributed by atoms with Crippen LogP contribution >= 0.6 is 0 Å². The van der Waals surface area contributed by atoms with Crippen molar-refractivity contribution in [3.63, 3.8) is 0 Å². The molecule has 0 amide bonds. The molecule has 0 radical (unpaired) electrons. The van der Waals surface area contributed by atoms with E-state index in [-0.39, 0.29) is 26.4 Å². The van der Waals surface area contributed by atoms with E-state index in [4.69, 9.17) is 28.4 Å². The minimum atomic E-state index is -0.994. The molecule has 2 saturated carbocycles. The Balaban J connectivity index is 0.00000105. The quantitative estimate of drug-likeness (QED) is 0.0815. The second kappa shape index (κ2) is 34.9. The molecule has 2 N–H and O–H groups in total. The van der Waals surface area contributed by atoms with Crippen molar-refractivity contribution in [3.05, 3.63) is 85.5 Å². The Bertz CT molecular complexity index is 1640. The number of hydrogen-bond acceptors (Lipinski definition) is 12. The molecule has 0 spiro atoms. The third kappa shape index (κ3) is 24.0. The number of para-hydroxylation sites is 2. The maximum atomic E-state index is 12.6. The Morgan fingerprint density at radius 1 is 0.587 bits per heavy atom. The van der Waals surface area contributed by atoms with Crippen molar-refractivity contribution in [2.75, 3.05) is 26.4 Å². The molecular formula is C49H72O14. The Hall–Kier alpha value is -5.66. The third-order valence-electron chi connectivity index (χ3n) is 9.19. The van der Waals surface area contributed by atoms with E-state index in [9.17, 15) is 39.0 Å². The van der Waals surface area contributed by atoms with Crippen molar-refractivity contribution in [2.45, 2.75) is 125 Å². The normalized spacial score (nSPS) is 18.1. The standard InChI is InChI=1S/C21H26O7.C20H24O7.2C3H8.C2H6/c1-3-19(22)27-13-15(12-26-18-11-7-4-8-14(18)2)28-21(25)17-10-6-5-9-16(17)20(23)24;1-2-18(21)26-13-15(12-25-14-8-4-3-5-9-14)27-20(24)17-11-7-6-10-16(17)19(22)23;2*1-3-2;1-2/h3-4,7-8,11,15-17H,1,5-6,9-10,12-13H2,2H3,(H,23,24);2-5,8-9,15-17H,1,6-7,10-13H2,(H,22,23);2*3H2,1-2H3;1-2H3. The summed E-state index contributed by atoms with van der Waals surface area (Å²) >= 11 is 0. The van der Waals surface area contributed by atoms with Gasteiger partial charge in [-0.05, 0) is 56.4 Å². The average molecular weight is 885 g/mol. The molecule has 0 bridgehead atoms. The molecular weight excluding hydrogens is 813 g/mol. The fourth-order valence-electron chi connectivity index (χ4n) is 6.23. The van der Waals surface area contributed by atoms with Gasteiger partial charge in [0.05, 0.1) is 23.7 Å². The molecule has 4 rings (SSSR count). The highest BCUT2D eigenvalue weighted by atomic mass is 16.6. The molecule has 2 aliphatic carbocycles. The van der Waals surface area contributed by atoms with Gasteiger partial charge in [-0.15, -0.1) is 0 Å². The Kier molecular flexibility index (Phi) is 31.7. The summed E-state index contributed by atoms with van der Waals surface area (Å²) in [6, 6.07) is 16.3. The number of aliphatic carboxylic acids is 2. The van der Waals surface area contributed by atoms with Crippen LogP contribution in [0.1, 0.15) is 111 Å². The van der Waals surface area contributed by atoms with Crippen LogP contribution in [0.2, 0.25) is 0 Å². The largest absolute Gasteiger partial charge is 0.490 e. The first kappa shape index (κ1) is 57.3. The van der Waals surface area contributed by atoms with Gasteiger partial charge in [-0.25, -0.2) is 9.59 Å². The minimum absolute atomic E-state index is 0.0223. The summed E-state index contributed by atoms with van der Waals surface area (Å²) in [6.07, 6.45) is 7.76. The Labute approximate surface area is 374 Å². The second-order valence-electron chi connectivity index (χ2n) is 14.6. The van der Waals surface area contributed by atoms with Gasteiger partial charge in [-0.3, -0.25) is 19.2 Å². The third-order valence-corrected chi connectivity index (χ3v) is 9.19. The number of carbonyl (C=O) groups excluding carboxylic acids is 4. The van der Waals surface area contributed by atoms with Crippen LogP contribution in [0, 0.1) is 30.6 Å². The maximum absolute atomic E-state index is 12.6. The lowest BCUT2D eigenvalue weighted by Crippen LogP contribution is -2.38. The number of carbonyl (C=O) groups is 6. The first-order valence-corrected chi connectivity index (χ1v) is 22.1. The number of hydrogen-bond donors (Lipinski definition) is 2. The predicted molar refractivity (Wildman–Crippen MR) is 240 cm³/mol. The van der Waals surface area contributed by atoms with Gasteiger partial charge in [0.25, 0.3) is 0 Å². The molecule has 352 valence electrons. The molecule has 0 aromatic heterocycles. The SMILES string of the molecule is C=CC(=O)OCC(COc1ccccc1)OC(=O)C1CCCCC1C(=O)O.C=CC(=O)OCC(COc1ccccc1C)OC(=O)C1CCCCC1C(=O)O.CC.CCC.CCC. The zero-order valence-corrected chi connectivity index (χ0v) is 38.4. The van der Waals surface area contributed by atoms with Gasteiger partial charge in [0.15, 0.2) is 12.2 Å². The molecule has 2 aromatic rings. The number of aryl methyl sites for hydroxylation is 1. The van der Waals surface area contributed by atoms with Crippen molar-refractivity contribution in [1.82, 2.24) is 0 Å². The van der Waals surface area contributed by atoms with E-state index < -0.39 is 71.7 Å². The van der Waals surface area contributed by atoms with Gasteiger partial charge in [-0.2, -0.15) is 0 Å². The molecule has 2 fully saturated rings. The maximum Gasteiger partial charge on any atom is 0.330 e. The summed E-state index contributed by atoms with van der Waals surface area (Å²) in [4.78, 5) is 70.7. The number of esters is 4. The van der Waals surface area contributed by atoms with E-state index in [1.54, 1.807) is 30.3 Å². The second-order valence-corrected chi connectivity index (χ2v) is 14.6. The molecule has 2 aromatic carbocycles. The van der Waals surface area contributed by atoms with Crippen molar-refractivity contribution in [1.29, 1.82) is 0 Å². The van der Waals surface area contributed by atoms with Gasteiger partial charge < -0.3 is 38.6 Å². The monoisotopic (exact) mass is 884 g/mol. The predicted octanol–water partition coefficient (Wildman–Crippen LogP) is 9.36. The molecule has 14 heteroatoms. The number of carboxylic acid groups (broad SMARTS) is 2. The van der Waals surface area contributed by atoms with E-state index in [1.807, 2.05) is 45.0 Å². The van der Waals surface area contributed by atoms with Crippen LogP contribution in [-0.4, -0.2) is 84.7 Å². The van der Waals surface area contributed by atoms with Crippen LogP contribution in [-0.2, 0) is 47.7 Å². The van der Waals surface area contributed by atoms with Gasteiger partial charge in [-0.1, -0.05) is 130 Å². The first-order chi connectivity index (χ1) is 30.3. The van der Waals surface area contributed by atoms with Crippen molar-refractivity contribution in [3.8, 4) is 11.5 Å². The van der Waals surface area contributed by atoms with E-state index in [1.165, 1.54) is 12.8 Å². The fraction of sp³-hybridized carbons (Fsp3) is 0.551. The molecule has 6 atom stereocenters. The molecule has 2 aliphatic rings. The summed E-state index contributed by atoms with van der Waals surface area (Å²) in [5, 5.41) is 18.7. The highest BCUT2D eigenvalue weighted by Gasteiger charge is 2.39. The molecule has 0 saturated heterocycles. The summed E-state index contributed by atoms with van der Waals surface area (Å²) in [6.45, 7) is 20.6. The summed E-state index contributed by atoms with van der Waals surface area (Å²) in [5.41, 5.74) is 0.911. The lowest BCUT2D eigenvalue weighted by molar-refractivity contribution is -0.169. The summed E-state index contributed by atoms with van der Waals surface area (Å²) in [7, 11) is 0. The molecule has 14 nitrogen and oxygen atoms in total. The minimum Gasteiger partial charge on any atom is -0.490 e. The number of benzene rings is 2. The lowest BCUT2D eigenvalue weighted by atomic mass is 9.79. The van der Waals surface area contributed by atoms with Gasteiger partial charge in [0.1, 0.15) is 37.9 Å². The van der Waals surface area contributed by atoms with E-state index in [0.717, 1.165) is 43.4 Å². The van der Waals surface area contributed by atoms with Crippen LogP contribution < -0.4 is 9.47 Å². The van der Waals surface area contributed by atoms with E-state index in [0.29, 0.717) is 37.2 Å². The van der Waals surface area contributed by atoms with E-state index >= 15 is 0 Å². The zero-order valence-electron chi connectivity index (χ0n) is 38.4. The summed E-state index contributed by atoms with van der Waals surface area (Å²) < 4.78 is 32.2. The van der Waals surface area contributed by atoms with Crippen molar-refractivity contribution < 1.29 is 67.4 Å². The molecule has 63 heavy (non-hydrogen) atoms. The zero-order chi connectivity index (χ0) is 47.6. The van der Waals surface area contributed by atoms with Crippen LogP contribution in [0.25, 0.3) is 0 Å². The van der Waals surface area contributed by atoms with Crippen molar-refractivity contribution >= 4 is 35.8 Å². The van der Waals surface area contributed by atoms with Crippen LogP contribution in [0.15, 0.2) is 79.9 Å². The molecule has 0 aliphatic heterocycles. The average Bonchev–Trinajstić information content (AvgIpc) is 3.29. The van der Waals surface area contributed by atoms with Crippen LogP contribution in [0.3, 0.4) is 0 Å². The molecule has 6 unspecified atom stereocenters. The first-order valence-electron chi connectivity index (χ1n) is 22.1. The number of carboxylic acids is 2. The fourth-order valence-corrected chi connectivity index (χ4v) is 6.23. The smallest absolute Gasteiger partial charge is 0.330 e. The Morgan fingerprint density at radius 3 is 1.33 bits per heavy atom. The lowest BCUT2D eigenvalue weighted by Gasteiger charge is -2.28. The van der Waals surface area contributed by atoms with E-state index in [2.05, 4.69) is 40.9 Å². The Morgan fingerprint density at radius 2 is 0.952 bits per heavy atom. The highest BCUT2D eigenvalue weighted by Crippen LogP contribution is 2.33. The van der Waals surface area contributed by atoms with Gasteiger partial charge in [0, 0.05) is 12.2 Å².